The average Bonchev–Trinajstić information content (AvgIpc) is 2.64. The molecule has 0 amide bonds. The topological polar surface area (TPSA) is 12.4 Å². The number of hydrogen-bond donors (Lipinski definition) is 0. The predicted octanol–water partition coefficient (Wildman–Crippen LogP) is 4.73. The maximum absolute atomic E-state index is 4.51. The molecule has 0 aromatic carbocycles. The van der Waals surface area contributed by atoms with Crippen molar-refractivity contribution in [3.05, 3.63) is 11.3 Å². The summed E-state index contributed by atoms with van der Waals surface area (Å²) in [5.74, 6) is 0. The van der Waals surface area contributed by atoms with Gasteiger partial charge in [0.1, 0.15) is 0 Å². The van der Waals surface area contributed by atoms with Gasteiger partial charge in [-0.05, 0) is 38.2 Å². The summed E-state index contributed by atoms with van der Waals surface area (Å²) in [6, 6.07) is 0. The molecule has 0 aromatic rings. The van der Waals surface area contributed by atoms with Crippen molar-refractivity contribution in [3.8, 4) is 0 Å². The van der Waals surface area contributed by atoms with E-state index < -0.39 is 0 Å². The molecule has 0 bridgehead atoms. The first-order valence-electron chi connectivity index (χ1n) is 6.11. The largest absolute Gasteiger partial charge is 0.262 e. The van der Waals surface area contributed by atoms with Crippen LogP contribution in [0.4, 0.5) is 0 Å². The van der Waals surface area contributed by atoms with Crippen molar-refractivity contribution in [1.29, 1.82) is 0 Å². The molecule has 82 valence electrons. The molecule has 1 heteroatoms. The van der Waals surface area contributed by atoms with Gasteiger partial charge < -0.3 is 0 Å². The molecule has 1 heterocycles. The van der Waals surface area contributed by atoms with Gasteiger partial charge in [0.25, 0.3) is 0 Å². The van der Waals surface area contributed by atoms with Crippen molar-refractivity contribution >= 4 is 5.71 Å². The van der Waals surface area contributed by atoms with Gasteiger partial charge in [-0.1, -0.05) is 27.7 Å². The highest BCUT2D eigenvalue weighted by atomic mass is 14.8. The van der Waals surface area contributed by atoms with Crippen LogP contribution in [0.1, 0.15) is 66.7 Å². The van der Waals surface area contributed by atoms with E-state index in [2.05, 4.69) is 11.9 Å². The van der Waals surface area contributed by atoms with Crippen LogP contribution in [0.3, 0.4) is 0 Å². The average molecular weight is 195 g/mol. The number of rotatable bonds is 0. The Morgan fingerprint density at radius 2 is 1.50 bits per heavy atom. The molecule has 1 nitrogen and oxygen atoms in total. The summed E-state index contributed by atoms with van der Waals surface area (Å²) in [7, 11) is 0. The van der Waals surface area contributed by atoms with Gasteiger partial charge in [-0.15, -0.1) is 0 Å². The molecule has 1 aliphatic carbocycles. The van der Waals surface area contributed by atoms with Gasteiger partial charge in [0.15, 0.2) is 0 Å². The zero-order chi connectivity index (χ0) is 11.0. The van der Waals surface area contributed by atoms with Gasteiger partial charge >= 0.3 is 0 Å². The molecule has 0 aromatic heterocycles. The first-order valence-corrected chi connectivity index (χ1v) is 6.11. The zero-order valence-electron chi connectivity index (χ0n) is 10.5. The minimum absolute atomic E-state index is 1.18. The smallest absolute Gasteiger partial charge is 0.0398 e. The van der Waals surface area contributed by atoms with Gasteiger partial charge in [0, 0.05) is 17.8 Å². The Morgan fingerprint density at radius 3 is 2.07 bits per heavy atom. The van der Waals surface area contributed by atoms with Crippen LogP contribution in [0.25, 0.3) is 0 Å². The lowest BCUT2D eigenvalue weighted by atomic mass is 9.96. The molecule has 2 rings (SSSR count). The van der Waals surface area contributed by atoms with Crippen molar-refractivity contribution < 1.29 is 0 Å². The third kappa shape index (κ3) is 3.65. The number of hydrogen-bond acceptors (Lipinski definition) is 1. The van der Waals surface area contributed by atoms with Gasteiger partial charge in [-0.3, -0.25) is 4.99 Å². The normalized spacial score (nSPS) is 18.5. The molecule has 0 radical (unpaired) electrons. The van der Waals surface area contributed by atoms with E-state index in [1.807, 2.05) is 27.7 Å². The summed E-state index contributed by atoms with van der Waals surface area (Å²) in [6.07, 6.45) is 6.48. The summed E-state index contributed by atoms with van der Waals surface area (Å²) in [5, 5.41) is 0. The Bertz CT molecular complexity index is 211. The van der Waals surface area contributed by atoms with Crippen molar-refractivity contribution in [2.45, 2.75) is 66.7 Å². The molecule has 2 aliphatic rings. The third-order valence-electron chi connectivity index (χ3n) is 2.35. The number of aliphatic imine (C=N–C) groups is 1. The van der Waals surface area contributed by atoms with Crippen LogP contribution in [-0.2, 0) is 0 Å². The maximum Gasteiger partial charge on any atom is 0.0398 e. The minimum atomic E-state index is 1.18. The summed E-state index contributed by atoms with van der Waals surface area (Å²) >= 11 is 0. The van der Waals surface area contributed by atoms with Crippen LogP contribution < -0.4 is 0 Å². The molecular formula is C13H25N. The van der Waals surface area contributed by atoms with Crippen molar-refractivity contribution in [1.82, 2.24) is 0 Å². The van der Waals surface area contributed by atoms with E-state index in [4.69, 9.17) is 0 Å². The molecule has 0 fully saturated rings. The van der Waals surface area contributed by atoms with Gasteiger partial charge in [0.05, 0.1) is 0 Å². The minimum Gasteiger partial charge on any atom is -0.262 e. The third-order valence-corrected chi connectivity index (χ3v) is 2.35. The number of allylic oxidation sites excluding steroid dienone is 2. The van der Waals surface area contributed by atoms with E-state index >= 15 is 0 Å². The second-order valence-electron chi connectivity index (χ2n) is 3.28. The highest BCUT2D eigenvalue weighted by molar-refractivity contribution is 5.87. The monoisotopic (exact) mass is 195 g/mol. The van der Waals surface area contributed by atoms with Crippen LogP contribution in [0, 0.1) is 0 Å². The SMILES string of the molecule is CC.CC.CC1=NC2=C(CCCC2)C1. The Morgan fingerprint density at radius 1 is 0.929 bits per heavy atom. The molecular weight excluding hydrogens is 170 g/mol. The lowest BCUT2D eigenvalue weighted by Crippen LogP contribution is -1.93. The van der Waals surface area contributed by atoms with Gasteiger partial charge in [-0.2, -0.15) is 0 Å². The van der Waals surface area contributed by atoms with Crippen LogP contribution in [-0.4, -0.2) is 5.71 Å². The Kier molecular flexibility index (Phi) is 7.45. The fourth-order valence-electron chi connectivity index (χ4n) is 1.86. The van der Waals surface area contributed by atoms with E-state index in [1.165, 1.54) is 43.5 Å². The zero-order valence-corrected chi connectivity index (χ0v) is 10.5. The lowest BCUT2D eigenvalue weighted by Gasteiger charge is -2.10. The molecule has 0 N–H and O–H groups in total. The summed E-state index contributed by atoms with van der Waals surface area (Å²) in [6.45, 7) is 10.1. The van der Waals surface area contributed by atoms with Crippen molar-refractivity contribution in [2.24, 2.45) is 4.99 Å². The second kappa shape index (κ2) is 7.78. The van der Waals surface area contributed by atoms with Crippen LogP contribution in [0.5, 0.6) is 0 Å². The highest BCUT2D eigenvalue weighted by Gasteiger charge is 2.17. The van der Waals surface area contributed by atoms with Gasteiger partial charge in [-0.25, -0.2) is 0 Å². The molecule has 0 spiro atoms. The first kappa shape index (κ1) is 13.4. The standard InChI is InChI=1S/C9H13N.2C2H6/c1-7-6-8-4-2-3-5-9(8)10-7;2*1-2/h2-6H2,1H3;2*1-2H3. The molecule has 0 saturated heterocycles. The van der Waals surface area contributed by atoms with Crippen LogP contribution in [0.15, 0.2) is 16.3 Å². The maximum atomic E-state index is 4.51. The Hall–Kier alpha value is -0.590. The van der Waals surface area contributed by atoms with E-state index in [0.29, 0.717) is 0 Å². The fourth-order valence-corrected chi connectivity index (χ4v) is 1.86. The van der Waals surface area contributed by atoms with E-state index in [9.17, 15) is 0 Å². The number of nitrogens with zero attached hydrogens (tertiary/aromatic N) is 1. The summed E-state index contributed by atoms with van der Waals surface area (Å²) in [4.78, 5) is 4.51. The van der Waals surface area contributed by atoms with E-state index in [0.717, 1.165) is 0 Å². The van der Waals surface area contributed by atoms with Gasteiger partial charge in [0.2, 0.25) is 0 Å². The summed E-state index contributed by atoms with van der Waals surface area (Å²) in [5.41, 5.74) is 4.37. The summed E-state index contributed by atoms with van der Waals surface area (Å²) < 4.78 is 0. The van der Waals surface area contributed by atoms with Crippen LogP contribution >= 0.6 is 0 Å². The molecule has 0 unspecified atom stereocenters. The Balaban J connectivity index is 0.000000379. The second-order valence-corrected chi connectivity index (χ2v) is 3.28. The van der Waals surface area contributed by atoms with Crippen molar-refractivity contribution in [2.75, 3.05) is 0 Å². The first-order chi connectivity index (χ1) is 6.86. The van der Waals surface area contributed by atoms with Crippen molar-refractivity contribution in [3.63, 3.8) is 0 Å². The highest BCUT2D eigenvalue weighted by Crippen LogP contribution is 2.32. The molecule has 14 heavy (non-hydrogen) atoms. The van der Waals surface area contributed by atoms with E-state index in [1.54, 1.807) is 5.57 Å². The quantitative estimate of drug-likeness (QED) is 0.530. The Labute approximate surface area is 89.3 Å². The van der Waals surface area contributed by atoms with E-state index in [-0.39, 0.29) is 0 Å². The fraction of sp³-hybridized carbons (Fsp3) is 0.769. The lowest BCUT2D eigenvalue weighted by molar-refractivity contribution is 0.670. The molecule has 0 atom stereocenters. The molecule has 0 saturated carbocycles. The van der Waals surface area contributed by atoms with Crippen LogP contribution in [0.2, 0.25) is 0 Å². The predicted molar refractivity (Wildman–Crippen MR) is 65.9 cm³/mol. The molecule has 1 aliphatic heterocycles.